The molecule has 5 nitrogen and oxygen atoms in total. The van der Waals surface area contributed by atoms with Gasteiger partial charge in [0.1, 0.15) is 5.60 Å². The number of pyridine rings is 1. The zero-order chi connectivity index (χ0) is 20.0. The number of carbonyl (C=O) groups excluding carboxylic acids is 1. The van der Waals surface area contributed by atoms with Crippen molar-refractivity contribution in [2.24, 2.45) is 0 Å². The second kappa shape index (κ2) is 9.20. The highest BCUT2D eigenvalue weighted by molar-refractivity contribution is 5.68. The number of carbonyl (C=O) groups is 1. The Hall–Kier alpha value is -2.40. The monoisotopic (exact) mass is 381 g/mol. The first-order chi connectivity index (χ1) is 13.4. The number of hydrogen-bond acceptors (Lipinski definition) is 4. The number of benzene rings is 1. The number of nitrogens with one attached hydrogen (secondary N) is 2. The number of amides is 1. The molecule has 1 aromatic carbocycles. The maximum atomic E-state index is 11.9. The summed E-state index contributed by atoms with van der Waals surface area (Å²) < 4.78 is 5.34. The lowest BCUT2D eigenvalue weighted by Gasteiger charge is -2.30. The van der Waals surface area contributed by atoms with Crippen molar-refractivity contribution in [1.29, 1.82) is 0 Å². The molecule has 0 bridgehead atoms. The topological polar surface area (TPSA) is 63.2 Å². The number of alkyl carbamates (subject to hydrolysis) is 1. The smallest absolute Gasteiger partial charge is 0.407 e. The maximum Gasteiger partial charge on any atom is 0.407 e. The molecule has 1 amide bonds. The van der Waals surface area contributed by atoms with E-state index in [-0.39, 0.29) is 12.1 Å². The Morgan fingerprint density at radius 2 is 1.71 bits per heavy atom. The molecule has 1 aromatic heterocycles. The Morgan fingerprint density at radius 1 is 1.04 bits per heavy atom. The summed E-state index contributed by atoms with van der Waals surface area (Å²) in [6.45, 7) is 6.52. The van der Waals surface area contributed by atoms with Crippen LogP contribution < -0.4 is 10.6 Å². The highest BCUT2D eigenvalue weighted by Gasteiger charge is 2.24. The quantitative estimate of drug-likeness (QED) is 0.790. The van der Waals surface area contributed by atoms with E-state index in [2.05, 4.69) is 45.9 Å². The van der Waals surface area contributed by atoms with Crippen LogP contribution in [0.2, 0.25) is 0 Å². The lowest BCUT2D eigenvalue weighted by Crippen LogP contribution is -2.43. The number of aromatic nitrogens is 1. The van der Waals surface area contributed by atoms with Crippen LogP contribution in [0, 0.1) is 0 Å². The highest BCUT2D eigenvalue weighted by atomic mass is 16.6. The molecule has 3 rings (SSSR count). The van der Waals surface area contributed by atoms with Crippen molar-refractivity contribution >= 4 is 6.09 Å². The summed E-state index contributed by atoms with van der Waals surface area (Å²) in [5.74, 6) is 0. The van der Waals surface area contributed by atoms with E-state index in [9.17, 15) is 4.79 Å². The molecular formula is C23H31N3O2. The fraction of sp³-hybridized carbons (Fsp3) is 0.478. The summed E-state index contributed by atoms with van der Waals surface area (Å²) >= 11 is 0. The van der Waals surface area contributed by atoms with Crippen LogP contribution in [0.25, 0.3) is 11.1 Å². The summed E-state index contributed by atoms with van der Waals surface area (Å²) in [5.41, 5.74) is 3.15. The van der Waals surface area contributed by atoms with E-state index >= 15 is 0 Å². The molecule has 1 saturated carbocycles. The molecular weight excluding hydrogens is 350 g/mol. The summed E-state index contributed by atoms with van der Waals surface area (Å²) in [6, 6.07) is 13.4. The molecule has 28 heavy (non-hydrogen) atoms. The SMILES string of the molecule is CC(C)(C)OC(=O)NC1CCC(NCc2ccc(-c3cccnc3)cc2)CC1. The summed E-state index contributed by atoms with van der Waals surface area (Å²) in [4.78, 5) is 16.1. The van der Waals surface area contributed by atoms with Gasteiger partial charge in [-0.2, -0.15) is 0 Å². The van der Waals surface area contributed by atoms with Gasteiger partial charge in [0.2, 0.25) is 0 Å². The van der Waals surface area contributed by atoms with E-state index < -0.39 is 5.60 Å². The van der Waals surface area contributed by atoms with Crippen LogP contribution in [-0.4, -0.2) is 28.8 Å². The van der Waals surface area contributed by atoms with Gasteiger partial charge in [-0.1, -0.05) is 30.3 Å². The van der Waals surface area contributed by atoms with Gasteiger partial charge in [-0.3, -0.25) is 4.98 Å². The van der Waals surface area contributed by atoms with E-state index in [1.54, 1.807) is 6.20 Å². The lowest BCUT2D eigenvalue weighted by molar-refractivity contribution is 0.0489. The second-order valence-corrected chi connectivity index (χ2v) is 8.51. The number of nitrogens with zero attached hydrogens (tertiary/aromatic N) is 1. The molecule has 1 heterocycles. The number of rotatable bonds is 5. The molecule has 5 heteroatoms. The third kappa shape index (κ3) is 6.34. The Morgan fingerprint density at radius 3 is 2.32 bits per heavy atom. The van der Waals surface area contributed by atoms with Crippen molar-refractivity contribution < 1.29 is 9.53 Å². The van der Waals surface area contributed by atoms with Gasteiger partial charge in [0.05, 0.1) is 0 Å². The van der Waals surface area contributed by atoms with Crippen molar-refractivity contribution in [2.45, 2.75) is 70.7 Å². The van der Waals surface area contributed by atoms with Crippen molar-refractivity contribution in [3.8, 4) is 11.1 Å². The van der Waals surface area contributed by atoms with Crippen LogP contribution in [0.1, 0.15) is 52.0 Å². The molecule has 1 fully saturated rings. The van der Waals surface area contributed by atoms with E-state index in [1.807, 2.05) is 33.0 Å². The zero-order valence-corrected chi connectivity index (χ0v) is 17.1. The third-order valence-corrected chi connectivity index (χ3v) is 4.99. The van der Waals surface area contributed by atoms with Gasteiger partial charge in [-0.25, -0.2) is 4.79 Å². The van der Waals surface area contributed by atoms with Crippen molar-refractivity contribution in [3.63, 3.8) is 0 Å². The van der Waals surface area contributed by atoms with Gasteiger partial charge in [-0.15, -0.1) is 0 Å². The van der Waals surface area contributed by atoms with Crippen LogP contribution in [-0.2, 0) is 11.3 Å². The molecule has 0 saturated heterocycles. The zero-order valence-electron chi connectivity index (χ0n) is 17.1. The van der Waals surface area contributed by atoms with Gasteiger partial charge < -0.3 is 15.4 Å². The van der Waals surface area contributed by atoms with Crippen LogP contribution in [0.5, 0.6) is 0 Å². The number of ether oxygens (including phenoxy) is 1. The van der Waals surface area contributed by atoms with Crippen LogP contribution in [0.3, 0.4) is 0 Å². The molecule has 0 aliphatic heterocycles. The third-order valence-electron chi connectivity index (χ3n) is 4.99. The summed E-state index contributed by atoms with van der Waals surface area (Å²) in [5, 5.41) is 6.65. The molecule has 2 aromatic rings. The Bertz CT molecular complexity index is 746. The highest BCUT2D eigenvalue weighted by Crippen LogP contribution is 2.21. The van der Waals surface area contributed by atoms with Crippen molar-refractivity contribution in [1.82, 2.24) is 15.6 Å². The van der Waals surface area contributed by atoms with Crippen LogP contribution in [0.15, 0.2) is 48.8 Å². The van der Waals surface area contributed by atoms with Crippen molar-refractivity contribution in [2.75, 3.05) is 0 Å². The minimum atomic E-state index is -0.449. The van der Waals surface area contributed by atoms with Crippen LogP contribution >= 0.6 is 0 Å². The van der Waals surface area contributed by atoms with Gasteiger partial charge in [0, 0.05) is 31.0 Å². The van der Waals surface area contributed by atoms with E-state index in [0.717, 1.165) is 37.8 Å². The van der Waals surface area contributed by atoms with Gasteiger partial charge in [0.25, 0.3) is 0 Å². The maximum absolute atomic E-state index is 11.9. The molecule has 150 valence electrons. The predicted molar refractivity (Wildman–Crippen MR) is 112 cm³/mol. The van der Waals surface area contributed by atoms with Gasteiger partial charge in [0.15, 0.2) is 0 Å². The largest absolute Gasteiger partial charge is 0.444 e. The first kappa shape index (κ1) is 20.3. The fourth-order valence-electron chi connectivity index (χ4n) is 3.53. The Kier molecular flexibility index (Phi) is 6.68. The van der Waals surface area contributed by atoms with Crippen LogP contribution in [0.4, 0.5) is 4.79 Å². The molecule has 0 atom stereocenters. The first-order valence-electron chi connectivity index (χ1n) is 10.1. The van der Waals surface area contributed by atoms with E-state index in [0.29, 0.717) is 6.04 Å². The molecule has 1 aliphatic carbocycles. The number of hydrogen-bond donors (Lipinski definition) is 2. The minimum Gasteiger partial charge on any atom is -0.444 e. The lowest BCUT2D eigenvalue weighted by atomic mass is 9.91. The normalized spacial score (nSPS) is 19.8. The van der Waals surface area contributed by atoms with E-state index in [4.69, 9.17) is 4.74 Å². The first-order valence-corrected chi connectivity index (χ1v) is 10.1. The Balaban J connectivity index is 1.40. The Labute approximate surface area is 167 Å². The molecule has 0 unspecified atom stereocenters. The molecule has 0 spiro atoms. The van der Waals surface area contributed by atoms with Gasteiger partial charge in [-0.05, 0) is 69.2 Å². The average molecular weight is 382 g/mol. The molecule has 0 radical (unpaired) electrons. The fourth-order valence-corrected chi connectivity index (χ4v) is 3.53. The van der Waals surface area contributed by atoms with Gasteiger partial charge >= 0.3 is 6.09 Å². The summed E-state index contributed by atoms with van der Waals surface area (Å²) in [7, 11) is 0. The minimum absolute atomic E-state index is 0.215. The van der Waals surface area contributed by atoms with E-state index in [1.165, 1.54) is 11.1 Å². The summed E-state index contributed by atoms with van der Waals surface area (Å²) in [6.07, 6.45) is 7.46. The second-order valence-electron chi connectivity index (χ2n) is 8.51. The molecule has 1 aliphatic rings. The molecule has 2 N–H and O–H groups in total. The standard InChI is InChI=1S/C23H31N3O2/c1-23(2,3)28-22(27)26-21-12-10-20(11-13-21)25-15-17-6-8-18(9-7-17)19-5-4-14-24-16-19/h4-9,14,16,20-21,25H,10-13,15H2,1-3H3,(H,26,27). The predicted octanol–water partition coefficient (Wildman–Crippen LogP) is 4.67. The average Bonchev–Trinajstić information content (AvgIpc) is 2.67. The van der Waals surface area contributed by atoms with Crippen molar-refractivity contribution in [3.05, 3.63) is 54.4 Å².